The summed E-state index contributed by atoms with van der Waals surface area (Å²) < 4.78 is 56.2. The third-order valence-electron chi connectivity index (χ3n) is 6.93. The molecule has 5 rings (SSSR count). The van der Waals surface area contributed by atoms with Gasteiger partial charge in [0.15, 0.2) is 5.65 Å². The molecule has 3 aromatic rings. The number of piperidine rings is 2. The largest absolute Gasteiger partial charge is 0.573 e. The highest BCUT2D eigenvalue weighted by atomic mass is 19.4. The number of pyridine rings is 1. The highest BCUT2D eigenvalue weighted by Crippen LogP contribution is 2.36. The van der Waals surface area contributed by atoms with E-state index in [1.165, 1.54) is 12.3 Å². The van der Waals surface area contributed by atoms with Gasteiger partial charge in [0.25, 0.3) is 5.91 Å². The number of aromatic nitrogens is 3. The number of nitrogens with two attached hydrogens (primary N) is 1. The predicted octanol–water partition coefficient (Wildman–Crippen LogP) is 4.06. The molecule has 0 atom stereocenters. The lowest BCUT2D eigenvalue weighted by molar-refractivity contribution is -0.274. The van der Waals surface area contributed by atoms with Crippen LogP contribution in [0.5, 0.6) is 5.75 Å². The number of nitrogens with one attached hydrogen (secondary N) is 2. The third-order valence-corrected chi connectivity index (χ3v) is 6.93. The van der Waals surface area contributed by atoms with E-state index in [0.29, 0.717) is 42.7 Å². The summed E-state index contributed by atoms with van der Waals surface area (Å²) in [6.45, 7) is 2.51. The average Bonchev–Trinajstić information content (AvgIpc) is 3.28. The van der Waals surface area contributed by atoms with Crippen molar-refractivity contribution in [3.63, 3.8) is 0 Å². The van der Waals surface area contributed by atoms with Gasteiger partial charge in [0.05, 0.1) is 11.8 Å². The number of benzene rings is 1. The highest BCUT2D eigenvalue weighted by Gasteiger charge is 2.33. The van der Waals surface area contributed by atoms with Crippen LogP contribution in [0, 0.1) is 5.82 Å². The van der Waals surface area contributed by atoms with Crippen LogP contribution >= 0.6 is 0 Å². The molecule has 8 nitrogen and oxygen atoms in total. The molecule has 2 aliphatic rings. The first-order valence-corrected chi connectivity index (χ1v) is 11.9. The van der Waals surface area contributed by atoms with Crippen molar-refractivity contribution >= 4 is 22.8 Å². The van der Waals surface area contributed by atoms with Crippen molar-refractivity contribution in [1.29, 1.82) is 0 Å². The second-order valence-corrected chi connectivity index (χ2v) is 9.23. The van der Waals surface area contributed by atoms with Gasteiger partial charge in [-0.3, -0.25) is 4.79 Å². The minimum Gasteiger partial charge on any atom is -0.406 e. The SMILES string of the molecule is Nc1cc(OC(F)(F)F)ccc1C(=O)N1CCC(c2c(F)cnc3[nH]c(C4CCNCC4)nc23)CC1. The number of likely N-dealkylation sites (tertiary alicyclic amines) is 1. The molecule has 2 aromatic heterocycles. The van der Waals surface area contributed by atoms with Gasteiger partial charge in [-0.2, -0.15) is 0 Å². The molecule has 0 saturated carbocycles. The van der Waals surface area contributed by atoms with Crippen molar-refractivity contribution in [2.45, 2.75) is 43.9 Å². The summed E-state index contributed by atoms with van der Waals surface area (Å²) in [6, 6.07) is 3.27. The van der Waals surface area contributed by atoms with E-state index in [1.54, 1.807) is 4.90 Å². The third kappa shape index (κ3) is 4.95. The Bertz CT molecular complexity index is 1260. The van der Waals surface area contributed by atoms with Crippen LogP contribution in [-0.2, 0) is 0 Å². The lowest BCUT2D eigenvalue weighted by Gasteiger charge is -2.32. The molecule has 0 radical (unpaired) electrons. The Balaban J connectivity index is 1.30. The number of carbonyl (C=O) groups excluding carboxylic acids is 1. The molecule has 1 amide bonds. The lowest BCUT2D eigenvalue weighted by Crippen LogP contribution is -2.38. The van der Waals surface area contributed by atoms with Crippen molar-refractivity contribution in [2.75, 3.05) is 31.9 Å². The average molecular weight is 507 g/mol. The monoisotopic (exact) mass is 506 g/mol. The number of imidazole rings is 1. The first-order chi connectivity index (χ1) is 17.2. The summed E-state index contributed by atoms with van der Waals surface area (Å²) in [5.41, 5.74) is 7.45. The van der Waals surface area contributed by atoms with Gasteiger partial charge in [-0.1, -0.05) is 0 Å². The molecular formula is C24H26F4N6O2. The molecule has 0 bridgehead atoms. The maximum absolute atomic E-state index is 15.0. The van der Waals surface area contributed by atoms with Crippen LogP contribution in [0.1, 0.15) is 59.3 Å². The second kappa shape index (κ2) is 9.57. The zero-order valence-corrected chi connectivity index (χ0v) is 19.4. The minimum absolute atomic E-state index is 0.0966. The van der Waals surface area contributed by atoms with E-state index in [9.17, 15) is 22.4 Å². The number of halogens is 4. The van der Waals surface area contributed by atoms with Crippen LogP contribution in [0.25, 0.3) is 11.2 Å². The fourth-order valence-corrected chi connectivity index (χ4v) is 5.12. The number of rotatable bonds is 4. The van der Waals surface area contributed by atoms with Crippen molar-refractivity contribution < 1.29 is 27.1 Å². The van der Waals surface area contributed by atoms with Crippen LogP contribution in [-0.4, -0.2) is 58.3 Å². The van der Waals surface area contributed by atoms with E-state index < -0.39 is 23.8 Å². The normalized spacial score (nSPS) is 18.1. The van der Waals surface area contributed by atoms with Crippen LogP contribution in [0.3, 0.4) is 0 Å². The number of nitrogens with zero attached hydrogens (tertiary/aromatic N) is 3. The highest BCUT2D eigenvalue weighted by molar-refractivity contribution is 5.99. The summed E-state index contributed by atoms with van der Waals surface area (Å²) in [4.78, 5) is 26.8. The van der Waals surface area contributed by atoms with Gasteiger partial charge in [0, 0.05) is 36.3 Å². The van der Waals surface area contributed by atoms with Gasteiger partial charge in [-0.05, 0) is 56.8 Å². The van der Waals surface area contributed by atoms with Crippen molar-refractivity contribution in [2.24, 2.45) is 0 Å². The zero-order chi connectivity index (χ0) is 25.4. The van der Waals surface area contributed by atoms with E-state index in [4.69, 9.17) is 10.7 Å². The Hall–Kier alpha value is -3.41. The minimum atomic E-state index is -4.85. The molecular weight excluding hydrogens is 480 g/mol. The van der Waals surface area contributed by atoms with Gasteiger partial charge < -0.3 is 25.7 Å². The Morgan fingerprint density at radius 1 is 1.11 bits per heavy atom. The van der Waals surface area contributed by atoms with Crippen LogP contribution in [0.4, 0.5) is 23.2 Å². The molecule has 4 N–H and O–H groups in total. The van der Waals surface area contributed by atoms with E-state index in [0.717, 1.165) is 43.9 Å². The number of fused-ring (bicyclic) bond motifs is 1. The molecule has 0 spiro atoms. The van der Waals surface area contributed by atoms with E-state index in [1.807, 2.05) is 0 Å². The summed E-state index contributed by atoms with van der Waals surface area (Å²) in [6.07, 6.45) is -0.727. The lowest BCUT2D eigenvalue weighted by atomic mass is 9.88. The molecule has 192 valence electrons. The van der Waals surface area contributed by atoms with Gasteiger partial charge in [-0.15, -0.1) is 13.2 Å². The predicted molar refractivity (Wildman–Crippen MR) is 124 cm³/mol. The first kappa shape index (κ1) is 24.3. The number of H-pyrrole nitrogens is 1. The number of hydrogen-bond acceptors (Lipinski definition) is 6. The summed E-state index contributed by atoms with van der Waals surface area (Å²) in [5.74, 6) is -0.349. The maximum atomic E-state index is 15.0. The van der Waals surface area contributed by atoms with Gasteiger partial charge >= 0.3 is 6.36 Å². The molecule has 4 heterocycles. The topological polar surface area (TPSA) is 109 Å². The van der Waals surface area contributed by atoms with Crippen molar-refractivity contribution in [1.82, 2.24) is 25.2 Å². The first-order valence-electron chi connectivity index (χ1n) is 11.9. The van der Waals surface area contributed by atoms with E-state index in [2.05, 4.69) is 20.0 Å². The van der Waals surface area contributed by atoms with Crippen LogP contribution in [0.2, 0.25) is 0 Å². The van der Waals surface area contributed by atoms with Gasteiger partial charge in [0.1, 0.15) is 22.9 Å². The number of alkyl halides is 3. The fourth-order valence-electron chi connectivity index (χ4n) is 5.12. The van der Waals surface area contributed by atoms with Gasteiger partial charge in [-0.25, -0.2) is 14.4 Å². The molecule has 2 aliphatic heterocycles. The summed E-state index contributed by atoms with van der Waals surface area (Å²) in [5, 5.41) is 3.32. The van der Waals surface area contributed by atoms with Gasteiger partial charge in [0.2, 0.25) is 0 Å². The van der Waals surface area contributed by atoms with Crippen LogP contribution in [0.15, 0.2) is 24.4 Å². The van der Waals surface area contributed by atoms with Crippen molar-refractivity contribution in [3.8, 4) is 5.75 Å². The van der Waals surface area contributed by atoms with Crippen molar-refractivity contribution in [3.05, 3.63) is 47.2 Å². The maximum Gasteiger partial charge on any atom is 0.573 e. The van der Waals surface area contributed by atoms with E-state index in [-0.39, 0.29) is 23.1 Å². The molecule has 36 heavy (non-hydrogen) atoms. The summed E-state index contributed by atoms with van der Waals surface area (Å²) >= 11 is 0. The van der Waals surface area contributed by atoms with Crippen LogP contribution < -0.4 is 15.8 Å². The van der Waals surface area contributed by atoms with E-state index >= 15 is 0 Å². The molecule has 0 aliphatic carbocycles. The molecule has 12 heteroatoms. The molecule has 0 unspecified atom stereocenters. The number of ether oxygens (including phenoxy) is 1. The number of carbonyl (C=O) groups is 1. The number of aromatic amines is 1. The molecule has 1 aromatic carbocycles. The fraction of sp³-hybridized carbons (Fsp3) is 0.458. The molecule has 2 saturated heterocycles. The standard InChI is InChI=1S/C24H26F4N6O2/c25-17-12-31-22-20(32-21(33-22)14-3-7-30-8-4-14)19(17)13-5-9-34(10-6-13)23(35)16-2-1-15(11-18(16)29)36-24(26,27)28/h1-2,11-14,30H,3-10,29H2,(H,31,32,33). The smallest absolute Gasteiger partial charge is 0.406 e. The summed E-state index contributed by atoms with van der Waals surface area (Å²) in [7, 11) is 0. The quantitative estimate of drug-likeness (QED) is 0.364. The number of amides is 1. The number of nitrogen functional groups attached to an aromatic ring is 1. The Kier molecular flexibility index (Phi) is 6.45. The Morgan fingerprint density at radius 2 is 1.83 bits per heavy atom. The molecule has 2 fully saturated rings. The Labute approximate surface area is 204 Å². The second-order valence-electron chi connectivity index (χ2n) is 9.23. The zero-order valence-electron chi connectivity index (χ0n) is 19.4. The number of hydrogen-bond donors (Lipinski definition) is 3. The number of anilines is 1. The Morgan fingerprint density at radius 3 is 2.50 bits per heavy atom.